The highest BCUT2D eigenvalue weighted by Crippen LogP contribution is 2.27. The molecule has 1 atom stereocenters. The molecule has 0 heterocycles. The molecule has 202 valence electrons. The van der Waals surface area contributed by atoms with Gasteiger partial charge in [0.25, 0.3) is 10.0 Å². The number of ether oxygens (including phenoxy) is 1. The molecule has 1 N–H and O–H groups in total. The average Bonchev–Trinajstić information content (AvgIpc) is 2.92. The summed E-state index contributed by atoms with van der Waals surface area (Å²) in [7, 11) is -2.62. The Morgan fingerprint density at radius 1 is 0.947 bits per heavy atom. The molecule has 0 saturated carbocycles. The van der Waals surface area contributed by atoms with Gasteiger partial charge in [-0.3, -0.25) is 13.9 Å². The smallest absolute Gasteiger partial charge is 0.264 e. The predicted octanol–water partition coefficient (Wildman–Crippen LogP) is 4.60. The summed E-state index contributed by atoms with van der Waals surface area (Å²) in [6.45, 7) is 3.79. The summed E-state index contributed by atoms with van der Waals surface area (Å²) in [6.07, 6.45) is 0.362. The lowest BCUT2D eigenvalue weighted by atomic mass is 10.1. The van der Waals surface area contributed by atoms with E-state index in [4.69, 9.17) is 4.74 Å². The van der Waals surface area contributed by atoms with Crippen LogP contribution in [0.3, 0.4) is 0 Å². The van der Waals surface area contributed by atoms with Crippen LogP contribution in [-0.2, 0) is 26.2 Å². The van der Waals surface area contributed by atoms with Crippen molar-refractivity contribution in [3.8, 4) is 5.75 Å². The van der Waals surface area contributed by atoms with Crippen LogP contribution in [0.25, 0.3) is 0 Å². The Bertz CT molecular complexity index is 1320. The van der Waals surface area contributed by atoms with Gasteiger partial charge in [0.2, 0.25) is 11.8 Å². The lowest BCUT2D eigenvalue weighted by molar-refractivity contribution is -0.140. The fraction of sp³-hybridized carbons (Fsp3) is 0.286. The maximum absolute atomic E-state index is 13.9. The summed E-state index contributed by atoms with van der Waals surface area (Å²) in [4.78, 5) is 28.1. The fourth-order valence-corrected chi connectivity index (χ4v) is 5.68. The lowest BCUT2D eigenvalue weighted by Gasteiger charge is -2.33. The maximum atomic E-state index is 13.9. The first-order valence-corrected chi connectivity index (χ1v) is 14.5. The van der Waals surface area contributed by atoms with E-state index in [-0.39, 0.29) is 17.3 Å². The maximum Gasteiger partial charge on any atom is 0.264 e. The number of hydrogen-bond donors (Lipinski definition) is 1. The van der Waals surface area contributed by atoms with Gasteiger partial charge in [0, 0.05) is 18.1 Å². The zero-order chi connectivity index (χ0) is 27.7. The first-order chi connectivity index (χ1) is 18.2. The minimum atomic E-state index is -4.13. The Balaban J connectivity index is 2.04. The van der Waals surface area contributed by atoms with Crippen molar-refractivity contribution in [2.45, 2.75) is 37.8 Å². The van der Waals surface area contributed by atoms with Crippen molar-refractivity contribution in [2.24, 2.45) is 0 Å². The number of anilines is 1. The largest absolute Gasteiger partial charge is 0.494 e. The number of halogens is 1. The summed E-state index contributed by atoms with van der Waals surface area (Å²) >= 11 is 3.33. The lowest BCUT2D eigenvalue weighted by Crippen LogP contribution is -2.51. The van der Waals surface area contributed by atoms with Crippen LogP contribution in [0, 0.1) is 0 Å². The second-order valence-corrected chi connectivity index (χ2v) is 11.2. The number of hydrogen-bond acceptors (Lipinski definition) is 5. The second kappa shape index (κ2) is 13.4. The van der Waals surface area contributed by atoms with Gasteiger partial charge in [-0.1, -0.05) is 53.2 Å². The molecule has 0 unspecified atom stereocenters. The molecule has 0 aromatic heterocycles. The van der Waals surface area contributed by atoms with Crippen molar-refractivity contribution in [3.05, 3.63) is 88.9 Å². The molecule has 2 amide bonds. The minimum absolute atomic E-state index is 0.0373. The van der Waals surface area contributed by atoms with E-state index in [1.807, 2.05) is 44.2 Å². The highest BCUT2D eigenvalue weighted by molar-refractivity contribution is 9.10. The predicted molar refractivity (Wildman–Crippen MR) is 151 cm³/mol. The van der Waals surface area contributed by atoms with Gasteiger partial charge in [-0.25, -0.2) is 8.42 Å². The molecule has 38 heavy (non-hydrogen) atoms. The molecule has 0 fully saturated rings. The molecular formula is C28H32BrN3O5S. The van der Waals surface area contributed by atoms with E-state index in [0.29, 0.717) is 24.5 Å². The first-order valence-electron chi connectivity index (χ1n) is 12.3. The molecule has 3 aromatic carbocycles. The zero-order valence-corrected chi connectivity index (χ0v) is 24.0. The third-order valence-corrected chi connectivity index (χ3v) is 8.26. The minimum Gasteiger partial charge on any atom is -0.494 e. The van der Waals surface area contributed by atoms with Crippen LogP contribution >= 0.6 is 15.9 Å². The number of benzene rings is 3. The number of sulfonamides is 1. The quantitative estimate of drug-likeness (QED) is 0.327. The van der Waals surface area contributed by atoms with Crippen LogP contribution in [0.1, 0.15) is 25.8 Å². The Hall–Kier alpha value is -3.37. The molecule has 0 spiro atoms. The number of carbonyl (C=O) groups is 2. The van der Waals surface area contributed by atoms with E-state index in [0.717, 1.165) is 14.3 Å². The van der Waals surface area contributed by atoms with E-state index >= 15 is 0 Å². The molecule has 3 aromatic rings. The molecular weight excluding hydrogens is 570 g/mol. The number of amides is 2. The molecule has 10 heteroatoms. The topological polar surface area (TPSA) is 96.0 Å². The molecule has 0 aliphatic carbocycles. The van der Waals surface area contributed by atoms with E-state index in [9.17, 15) is 18.0 Å². The van der Waals surface area contributed by atoms with Gasteiger partial charge < -0.3 is 15.0 Å². The van der Waals surface area contributed by atoms with Crippen molar-refractivity contribution < 1.29 is 22.7 Å². The van der Waals surface area contributed by atoms with Crippen molar-refractivity contribution in [1.82, 2.24) is 10.2 Å². The molecule has 0 radical (unpaired) electrons. The Morgan fingerprint density at radius 2 is 1.58 bits per heavy atom. The van der Waals surface area contributed by atoms with Crippen molar-refractivity contribution in [1.29, 1.82) is 0 Å². The van der Waals surface area contributed by atoms with Gasteiger partial charge in [-0.2, -0.15) is 0 Å². The standard InChI is InChI=1S/C28H32BrN3O5S/c1-4-26(28(34)30-3)31(19-21-9-7-6-8-10-21)27(33)20-32(23-13-15-24(16-14-23)37-5-2)38(35,36)25-17-11-22(29)12-18-25/h6-18,26H,4-5,19-20H2,1-3H3,(H,30,34)/t26-/m0/s1. The molecule has 8 nitrogen and oxygen atoms in total. The third-order valence-electron chi connectivity index (χ3n) is 5.94. The summed E-state index contributed by atoms with van der Waals surface area (Å²) in [5, 5.41) is 2.62. The number of nitrogens with one attached hydrogen (secondary N) is 1. The van der Waals surface area contributed by atoms with Crippen LogP contribution in [0.5, 0.6) is 5.75 Å². The summed E-state index contributed by atoms with van der Waals surface area (Å²) in [5.41, 5.74) is 1.13. The summed E-state index contributed by atoms with van der Waals surface area (Å²) in [6, 6.07) is 21.3. The summed E-state index contributed by atoms with van der Waals surface area (Å²) < 4.78 is 35.0. The highest BCUT2D eigenvalue weighted by Gasteiger charge is 2.33. The number of nitrogens with zero attached hydrogens (tertiary/aromatic N) is 2. The Morgan fingerprint density at radius 3 is 2.13 bits per heavy atom. The second-order valence-electron chi connectivity index (χ2n) is 8.44. The van der Waals surface area contributed by atoms with Crippen molar-refractivity contribution in [2.75, 3.05) is 24.5 Å². The van der Waals surface area contributed by atoms with E-state index < -0.39 is 28.5 Å². The third kappa shape index (κ3) is 7.14. The zero-order valence-electron chi connectivity index (χ0n) is 21.6. The fourth-order valence-electron chi connectivity index (χ4n) is 4.00. The van der Waals surface area contributed by atoms with Crippen LogP contribution in [0.4, 0.5) is 5.69 Å². The van der Waals surface area contributed by atoms with Gasteiger partial charge >= 0.3 is 0 Å². The molecule has 0 aliphatic rings. The van der Waals surface area contributed by atoms with E-state index in [2.05, 4.69) is 21.2 Å². The molecule has 3 rings (SSSR count). The SMILES string of the molecule is CCOc1ccc(N(CC(=O)N(Cc2ccccc2)[C@@H](CC)C(=O)NC)S(=O)(=O)c2ccc(Br)cc2)cc1. The van der Waals surface area contributed by atoms with Gasteiger partial charge in [-0.05, 0) is 67.4 Å². The Kier molecular flexibility index (Phi) is 10.3. The normalized spacial score (nSPS) is 11.9. The number of likely N-dealkylation sites (N-methyl/N-ethyl adjacent to an activating group) is 1. The van der Waals surface area contributed by atoms with Gasteiger partial charge in [-0.15, -0.1) is 0 Å². The number of rotatable bonds is 12. The molecule has 0 bridgehead atoms. The average molecular weight is 603 g/mol. The van der Waals surface area contributed by atoms with Crippen LogP contribution in [-0.4, -0.2) is 51.4 Å². The van der Waals surface area contributed by atoms with Gasteiger partial charge in [0.1, 0.15) is 18.3 Å². The molecule has 0 saturated heterocycles. The van der Waals surface area contributed by atoms with Crippen molar-refractivity contribution >= 4 is 43.5 Å². The van der Waals surface area contributed by atoms with Crippen molar-refractivity contribution in [3.63, 3.8) is 0 Å². The number of carbonyl (C=O) groups excluding carboxylic acids is 2. The van der Waals surface area contributed by atoms with Crippen LogP contribution in [0.2, 0.25) is 0 Å². The monoisotopic (exact) mass is 601 g/mol. The highest BCUT2D eigenvalue weighted by atomic mass is 79.9. The van der Waals surface area contributed by atoms with Crippen LogP contribution in [0.15, 0.2) is 88.2 Å². The molecule has 0 aliphatic heterocycles. The van der Waals surface area contributed by atoms with E-state index in [1.54, 1.807) is 36.4 Å². The van der Waals surface area contributed by atoms with Gasteiger partial charge in [0.15, 0.2) is 0 Å². The van der Waals surface area contributed by atoms with Gasteiger partial charge in [0.05, 0.1) is 17.2 Å². The first kappa shape index (κ1) is 29.2. The Labute approximate surface area is 232 Å². The van der Waals surface area contributed by atoms with Crippen LogP contribution < -0.4 is 14.4 Å². The van der Waals surface area contributed by atoms with E-state index in [1.165, 1.54) is 24.1 Å². The summed E-state index contributed by atoms with van der Waals surface area (Å²) in [5.74, 6) is -0.237.